The Morgan fingerprint density at radius 3 is 2.11 bits per heavy atom. The van der Waals surface area contributed by atoms with Gasteiger partial charge in [0.05, 0.1) is 0 Å². The predicted molar refractivity (Wildman–Crippen MR) is 97.7 cm³/mol. The van der Waals surface area contributed by atoms with Crippen LogP contribution in [0.25, 0.3) is 0 Å². The monoisotopic (exact) mass is 367 g/mol. The molecule has 27 heavy (non-hydrogen) atoms. The van der Waals surface area contributed by atoms with E-state index in [1.54, 1.807) is 31.3 Å². The van der Waals surface area contributed by atoms with Crippen LogP contribution in [-0.4, -0.2) is 23.8 Å². The van der Waals surface area contributed by atoms with Crippen molar-refractivity contribution in [2.45, 2.75) is 0 Å². The van der Waals surface area contributed by atoms with Crippen molar-refractivity contribution in [3.63, 3.8) is 0 Å². The normalized spacial score (nSPS) is 10.3. The van der Waals surface area contributed by atoms with Crippen LogP contribution in [0, 0.1) is 11.6 Å². The lowest BCUT2D eigenvalue weighted by Gasteiger charge is -2.17. The first-order valence-corrected chi connectivity index (χ1v) is 8.03. The summed E-state index contributed by atoms with van der Waals surface area (Å²) in [6.07, 6.45) is 0. The zero-order chi connectivity index (χ0) is 19.4. The van der Waals surface area contributed by atoms with Gasteiger partial charge in [-0.05, 0) is 36.4 Å². The summed E-state index contributed by atoms with van der Waals surface area (Å²) in [4.78, 5) is 30.3. The van der Waals surface area contributed by atoms with Crippen LogP contribution in [0.1, 0.15) is 21.0 Å². The molecule has 0 saturated heterocycles. The molecule has 2 amide bonds. The van der Waals surface area contributed by atoms with Gasteiger partial charge < -0.3 is 10.2 Å². The lowest BCUT2D eigenvalue weighted by atomic mass is 10.2. The summed E-state index contributed by atoms with van der Waals surface area (Å²) in [6, 6.07) is 16.5. The van der Waals surface area contributed by atoms with E-state index in [0.717, 1.165) is 12.1 Å². The lowest BCUT2D eigenvalue weighted by molar-refractivity contribution is 0.0987. The highest BCUT2D eigenvalue weighted by molar-refractivity contribution is 6.07. The molecule has 0 saturated carbocycles. The summed E-state index contributed by atoms with van der Waals surface area (Å²) in [5.41, 5.74) is -0.0111. The molecule has 0 spiro atoms. The Hall–Kier alpha value is -3.61. The van der Waals surface area contributed by atoms with Crippen molar-refractivity contribution in [3.8, 4) is 0 Å². The summed E-state index contributed by atoms with van der Waals surface area (Å²) in [5.74, 6) is -3.05. The first kappa shape index (κ1) is 18.2. The molecule has 0 aliphatic carbocycles. The number of rotatable bonds is 4. The summed E-state index contributed by atoms with van der Waals surface area (Å²) in [6.45, 7) is 0. The zero-order valence-corrected chi connectivity index (χ0v) is 14.3. The highest BCUT2D eigenvalue weighted by Gasteiger charge is 2.18. The highest BCUT2D eigenvalue weighted by Crippen LogP contribution is 2.19. The van der Waals surface area contributed by atoms with E-state index in [2.05, 4.69) is 10.3 Å². The molecule has 0 bridgehead atoms. The second kappa shape index (κ2) is 7.74. The van der Waals surface area contributed by atoms with Crippen LogP contribution in [0.3, 0.4) is 0 Å². The van der Waals surface area contributed by atoms with Gasteiger partial charge in [0.15, 0.2) is 0 Å². The Balaban J connectivity index is 1.83. The molecular formula is C20H15F2N3O2. The van der Waals surface area contributed by atoms with Crippen molar-refractivity contribution in [1.82, 2.24) is 4.98 Å². The van der Waals surface area contributed by atoms with Gasteiger partial charge >= 0.3 is 0 Å². The Labute approximate surface area is 154 Å². The number of amides is 2. The molecule has 1 aromatic heterocycles. The molecule has 1 heterocycles. The molecule has 0 aliphatic rings. The molecule has 0 aliphatic heterocycles. The topological polar surface area (TPSA) is 62.3 Å². The minimum Gasteiger partial charge on any atom is -0.316 e. The third-order valence-electron chi connectivity index (χ3n) is 3.85. The van der Waals surface area contributed by atoms with Crippen molar-refractivity contribution < 1.29 is 18.4 Å². The average molecular weight is 367 g/mol. The molecule has 3 aromatic rings. The first-order chi connectivity index (χ1) is 13.0. The maximum Gasteiger partial charge on any atom is 0.276 e. The van der Waals surface area contributed by atoms with Gasteiger partial charge in [0.1, 0.15) is 28.7 Å². The molecule has 136 valence electrons. The van der Waals surface area contributed by atoms with Gasteiger partial charge in [-0.3, -0.25) is 9.59 Å². The minimum absolute atomic E-state index is 0.0306. The van der Waals surface area contributed by atoms with E-state index in [9.17, 15) is 18.4 Å². The van der Waals surface area contributed by atoms with E-state index in [-0.39, 0.29) is 11.4 Å². The Morgan fingerprint density at radius 2 is 1.44 bits per heavy atom. The number of nitrogens with zero attached hydrogens (tertiary/aromatic N) is 2. The third kappa shape index (κ3) is 3.98. The van der Waals surface area contributed by atoms with Gasteiger partial charge in [-0.15, -0.1) is 0 Å². The maximum absolute atomic E-state index is 13.7. The van der Waals surface area contributed by atoms with E-state index in [1.165, 1.54) is 29.2 Å². The highest BCUT2D eigenvalue weighted by atomic mass is 19.1. The van der Waals surface area contributed by atoms with Crippen molar-refractivity contribution in [2.75, 3.05) is 17.3 Å². The third-order valence-corrected chi connectivity index (χ3v) is 3.85. The smallest absolute Gasteiger partial charge is 0.276 e. The number of benzene rings is 2. The number of para-hydroxylation sites is 2. The number of carbonyl (C=O) groups is 2. The lowest BCUT2D eigenvalue weighted by Crippen LogP contribution is -2.28. The van der Waals surface area contributed by atoms with Crippen molar-refractivity contribution >= 4 is 23.2 Å². The largest absolute Gasteiger partial charge is 0.316 e. The molecular weight excluding hydrogens is 352 g/mol. The van der Waals surface area contributed by atoms with Gasteiger partial charge in [0, 0.05) is 12.7 Å². The molecule has 0 unspecified atom stereocenters. The number of hydrogen-bond donors (Lipinski definition) is 1. The fraction of sp³-hybridized carbons (Fsp3) is 0.0500. The van der Waals surface area contributed by atoms with Crippen LogP contribution in [0.15, 0.2) is 66.7 Å². The summed E-state index contributed by atoms with van der Waals surface area (Å²) in [5, 5.41) is 2.15. The van der Waals surface area contributed by atoms with Crippen molar-refractivity contribution in [1.29, 1.82) is 0 Å². The van der Waals surface area contributed by atoms with Gasteiger partial charge in [-0.1, -0.05) is 30.3 Å². The fourth-order valence-corrected chi connectivity index (χ4v) is 2.42. The second-order valence-electron chi connectivity index (χ2n) is 5.66. The average Bonchev–Trinajstić information content (AvgIpc) is 2.70. The van der Waals surface area contributed by atoms with E-state index < -0.39 is 29.1 Å². The minimum atomic E-state index is -0.903. The predicted octanol–water partition coefficient (Wildman–Crippen LogP) is 3.89. The SMILES string of the molecule is CN(C(=O)c1cccc(C(=O)Nc2c(F)cccc2F)n1)c1ccccc1. The van der Waals surface area contributed by atoms with Crippen LogP contribution in [0.2, 0.25) is 0 Å². The standard InChI is InChI=1S/C20H15F2N3O2/c1-25(13-7-3-2-4-8-13)20(27)17-12-6-11-16(23-17)19(26)24-18-14(21)9-5-10-15(18)22/h2-12H,1H3,(H,24,26). The van der Waals surface area contributed by atoms with E-state index in [4.69, 9.17) is 0 Å². The number of pyridine rings is 1. The van der Waals surface area contributed by atoms with E-state index in [1.807, 2.05) is 6.07 Å². The van der Waals surface area contributed by atoms with Crippen LogP contribution in [0.4, 0.5) is 20.2 Å². The quantitative estimate of drug-likeness (QED) is 0.761. The summed E-state index contributed by atoms with van der Waals surface area (Å²) in [7, 11) is 1.58. The van der Waals surface area contributed by atoms with E-state index >= 15 is 0 Å². The number of aromatic nitrogens is 1. The zero-order valence-electron chi connectivity index (χ0n) is 14.3. The molecule has 7 heteroatoms. The molecule has 1 N–H and O–H groups in total. The number of anilines is 2. The number of carbonyl (C=O) groups excluding carboxylic acids is 2. The molecule has 0 fully saturated rings. The van der Waals surface area contributed by atoms with Gasteiger partial charge in [-0.2, -0.15) is 0 Å². The van der Waals surface area contributed by atoms with Crippen LogP contribution < -0.4 is 10.2 Å². The number of hydrogen-bond acceptors (Lipinski definition) is 3. The van der Waals surface area contributed by atoms with Crippen LogP contribution in [-0.2, 0) is 0 Å². The molecule has 5 nitrogen and oxygen atoms in total. The van der Waals surface area contributed by atoms with Gasteiger partial charge in [0.25, 0.3) is 11.8 Å². The molecule has 0 radical (unpaired) electrons. The van der Waals surface area contributed by atoms with Crippen molar-refractivity contribution in [3.05, 3.63) is 89.8 Å². The van der Waals surface area contributed by atoms with Crippen molar-refractivity contribution in [2.24, 2.45) is 0 Å². The molecule has 2 aromatic carbocycles. The van der Waals surface area contributed by atoms with Gasteiger partial charge in [-0.25, -0.2) is 13.8 Å². The van der Waals surface area contributed by atoms with Crippen LogP contribution >= 0.6 is 0 Å². The molecule has 0 atom stereocenters. The molecule has 3 rings (SSSR count). The first-order valence-electron chi connectivity index (χ1n) is 8.03. The van der Waals surface area contributed by atoms with Crippen LogP contribution in [0.5, 0.6) is 0 Å². The van der Waals surface area contributed by atoms with Gasteiger partial charge in [0.2, 0.25) is 0 Å². The fourth-order valence-electron chi connectivity index (χ4n) is 2.42. The second-order valence-corrected chi connectivity index (χ2v) is 5.66. The maximum atomic E-state index is 13.7. The Bertz CT molecular complexity index is 973. The van der Waals surface area contributed by atoms with E-state index in [0.29, 0.717) is 5.69 Å². The Morgan fingerprint density at radius 1 is 0.852 bits per heavy atom. The summed E-state index contributed by atoms with van der Waals surface area (Å²) >= 11 is 0. The Kier molecular flexibility index (Phi) is 5.21. The number of nitrogens with one attached hydrogen (secondary N) is 1. The summed E-state index contributed by atoms with van der Waals surface area (Å²) < 4.78 is 27.4. The number of halogens is 2.